The van der Waals surface area contributed by atoms with E-state index in [1.165, 1.54) is 0 Å². The third-order valence-electron chi connectivity index (χ3n) is 5.66. The predicted molar refractivity (Wildman–Crippen MR) is 115 cm³/mol. The van der Waals surface area contributed by atoms with Crippen LogP contribution in [0.4, 0.5) is 5.69 Å². The molecule has 0 unspecified atom stereocenters. The molecule has 150 valence electrons. The second-order valence-corrected chi connectivity index (χ2v) is 7.67. The van der Waals surface area contributed by atoms with Crippen molar-refractivity contribution in [3.63, 3.8) is 0 Å². The van der Waals surface area contributed by atoms with Crippen LogP contribution in [0.1, 0.15) is 24.2 Å². The Labute approximate surface area is 173 Å². The maximum Gasteiger partial charge on any atom is 0.236 e. The van der Waals surface area contributed by atoms with Gasteiger partial charge >= 0.3 is 0 Å². The first-order valence-electron chi connectivity index (χ1n) is 9.88. The summed E-state index contributed by atoms with van der Waals surface area (Å²) < 4.78 is 10.8. The largest absolute Gasteiger partial charge is 0.497 e. The third-order valence-corrected chi connectivity index (χ3v) is 5.66. The minimum Gasteiger partial charge on any atom is -0.497 e. The van der Waals surface area contributed by atoms with E-state index in [1.807, 2.05) is 67.6 Å². The van der Waals surface area contributed by atoms with Gasteiger partial charge in [0, 0.05) is 22.7 Å². The fraction of sp³-hybridized carbons (Fsp3) is 0.208. The first-order chi connectivity index (χ1) is 14.6. The number of aromatic nitrogens is 2. The first kappa shape index (κ1) is 18.4. The van der Waals surface area contributed by atoms with E-state index in [0.29, 0.717) is 11.5 Å². The summed E-state index contributed by atoms with van der Waals surface area (Å²) in [6.07, 6.45) is 1.48. The molecule has 0 bridgehead atoms. The zero-order valence-electron chi connectivity index (χ0n) is 16.8. The smallest absolute Gasteiger partial charge is 0.236 e. The molecule has 0 radical (unpaired) electrons. The Hall–Kier alpha value is -3.67. The zero-order chi connectivity index (χ0) is 20.7. The monoisotopic (exact) mass is 399 g/mol. The average molecular weight is 399 g/mol. The number of carbonyl (C=O) groups is 1. The van der Waals surface area contributed by atoms with Crippen LogP contribution in [0.2, 0.25) is 0 Å². The molecule has 0 spiro atoms. The fourth-order valence-electron chi connectivity index (χ4n) is 3.75. The summed E-state index contributed by atoms with van der Waals surface area (Å²) in [5, 5.41) is 8.24. The highest BCUT2D eigenvalue weighted by atomic mass is 16.5. The number of nitrogens with one attached hydrogen (secondary N) is 1. The summed E-state index contributed by atoms with van der Waals surface area (Å²) in [4.78, 5) is 17.8. The van der Waals surface area contributed by atoms with Crippen molar-refractivity contribution in [2.24, 2.45) is 0 Å². The minimum atomic E-state index is -0.652. The maximum atomic E-state index is 13.2. The van der Waals surface area contributed by atoms with Crippen LogP contribution in [-0.2, 0) is 10.2 Å². The molecule has 6 heteroatoms. The molecule has 30 heavy (non-hydrogen) atoms. The predicted octanol–water partition coefficient (Wildman–Crippen LogP) is 4.88. The quantitative estimate of drug-likeness (QED) is 0.518. The Balaban J connectivity index is 1.43. The molecule has 1 fully saturated rings. The minimum absolute atomic E-state index is 0.0685. The van der Waals surface area contributed by atoms with Crippen LogP contribution >= 0.6 is 0 Å². The molecule has 2 aromatic heterocycles. The van der Waals surface area contributed by atoms with Crippen LogP contribution in [0.5, 0.6) is 5.75 Å². The number of amides is 1. The number of nitrogens with zero attached hydrogens (tertiary/aromatic N) is 2. The molecule has 2 heterocycles. The van der Waals surface area contributed by atoms with Gasteiger partial charge in [0.1, 0.15) is 5.75 Å². The number of pyridine rings is 1. The molecule has 1 N–H and O–H groups in total. The lowest BCUT2D eigenvalue weighted by Crippen LogP contribution is -2.28. The van der Waals surface area contributed by atoms with Crippen LogP contribution in [0.25, 0.3) is 22.2 Å². The molecule has 0 saturated heterocycles. The third kappa shape index (κ3) is 3.10. The van der Waals surface area contributed by atoms with E-state index in [9.17, 15) is 4.79 Å². The van der Waals surface area contributed by atoms with Gasteiger partial charge in [0.05, 0.1) is 29.4 Å². The molecule has 1 amide bonds. The van der Waals surface area contributed by atoms with Crippen LogP contribution in [-0.4, -0.2) is 23.2 Å². The topological polar surface area (TPSA) is 77.2 Å². The van der Waals surface area contributed by atoms with E-state index in [0.717, 1.165) is 46.4 Å². The Morgan fingerprint density at radius 2 is 1.93 bits per heavy atom. The van der Waals surface area contributed by atoms with Crippen molar-refractivity contribution >= 4 is 22.5 Å². The Morgan fingerprint density at radius 1 is 1.10 bits per heavy atom. The summed E-state index contributed by atoms with van der Waals surface area (Å²) in [5.41, 5.74) is 3.43. The van der Waals surface area contributed by atoms with Crippen molar-refractivity contribution < 1.29 is 14.1 Å². The van der Waals surface area contributed by atoms with E-state index in [1.54, 1.807) is 7.11 Å². The molecule has 2 aromatic carbocycles. The number of methoxy groups -OCH3 is 1. The Kier molecular flexibility index (Phi) is 4.28. The number of carbonyl (C=O) groups excluding carboxylic acids is 1. The van der Waals surface area contributed by atoms with Crippen molar-refractivity contribution in [3.05, 3.63) is 72.1 Å². The van der Waals surface area contributed by atoms with Crippen LogP contribution in [0, 0.1) is 6.92 Å². The summed E-state index contributed by atoms with van der Waals surface area (Å²) in [5.74, 6) is 1.29. The number of fused-ring (bicyclic) bond motifs is 1. The standard InChI is InChI=1S/C24H21N3O3/c1-15-9-10-18-19(25-15)7-4-8-20(18)26-23(28)24(11-12-24)22-14-21(30-27-22)16-5-3-6-17(13-16)29-2/h3-10,13-14H,11-12H2,1-2H3,(H,26,28). The summed E-state index contributed by atoms with van der Waals surface area (Å²) in [6.45, 7) is 1.95. The van der Waals surface area contributed by atoms with Crippen molar-refractivity contribution in [2.75, 3.05) is 12.4 Å². The molecule has 1 aliphatic rings. The lowest BCUT2D eigenvalue weighted by Gasteiger charge is -2.14. The van der Waals surface area contributed by atoms with Gasteiger partial charge in [0.15, 0.2) is 5.76 Å². The van der Waals surface area contributed by atoms with Gasteiger partial charge < -0.3 is 14.6 Å². The second-order valence-electron chi connectivity index (χ2n) is 7.67. The molecule has 0 aliphatic heterocycles. The fourth-order valence-corrected chi connectivity index (χ4v) is 3.75. The number of aryl methyl sites for hydroxylation is 1. The van der Waals surface area contributed by atoms with Crippen LogP contribution in [0.15, 0.2) is 65.2 Å². The van der Waals surface area contributed by atoms with E-state index < -0.39 is 5.41 Å². The summed E-state index contributed by atoms with van der Waals surface area (Å²) >= 11 is 0. The first-order valence-corrected chi connectivity index (χ1v) is 9.88. The lowest BCUT2D eigenvalue weighted by molar-refractivity contribution is -0.118. The van der Waals surface area contributed by atoms with Gasteiger partial charge in [-0.2, -0.15) is 0 Å². The highest BCUT2D eigenvalue weighted by Gasteiger charge is 2.54. The lowest BCUT2D eigenvalue weighted by atomic mass is 10.00. The summed E-state index contributed by atoms with van der Waals surface area (Å²) in [6, 6.07) is 19.1. The molecule has 0 atom stereocenters. The van der Waals surface area contributed by atoms with Gasteiger partial charge in [-0.3, -0.25) is 9.78 Å². The van der Waals surface area contributed by atoms with Gasteiger partial charge in [-0.25, -0.2) is 0 Å². The maximum absolute atomic E-state index is 13.2. The van der Waals surface area contributed by atoms with E-state index in [-0.39, 0.29) is 5.91 Å². The summed E-state index contributed by atoms with van der Waals surface area (Å²) in [7, 11) is 1.62. The molecule has 6 nitrogen and oxygen atoms in total. The second kappa shape index (κ2) is 6.99. The number of hydrogen-bond acceptors (Lipinski definition) is 5. The Bertz CT molecular complexity index is 1260. The molecule has 5 rings (SSSR count). The zero-order valence-corrected chi connectivity index (χ0v) is 16.8. The van der Waals surface area contributed by atoms with Gasteiger partial charge in [0.2, 0.25) is 5.91 Å². The van der Waals surface area contributed by atoms with Crippen LogP contribution in [0.3, 0.4) is 0 Å². The van der Waals surface area contributed by atoms with Gasteiger partial charge in [-0.1, -0.05) is 23.4 Å². The number of benzene rings is 2. The van der Waals surface area contributed by atoms with Crippen molar-refractivity contribution in [1.82, 2.24) is 10.1 Å². The molecular weight excluding hydrogens is 378 g/mol. The normalized spacial score (nSPS) is 14.5. The van der Waals surface area contributed by atoms with E-state index >= 15 is 0 Å². The molecule has 1 saturated carbocycles. The number of hydrogen-bond donors (Lipinski definition) is 1. The average Bonchev–Trinajstić information content (AvgIpc) is 3.43. The molecular formula is C24H21N3O3. The number of rotatable bonds is 5. The highest BCUT2D eigenvalue weighted by Crippen LogP contribution is 2.49. The number of anilines is 1. The molecule has 4 aromatic rings. The van der Waals surface area contributed by atoms with Gasteiger partial charge in [-0.15, -0.1) is 0 Å². The highest BCUT2D eigenvalue weighted by molar-refractivity contribution is 6.06. The van der Waals surface area contributed by atoms with Gasteiger partial charge in [0.25, 0.3) is 0 Å². The van der Waals surface area contributed by atoms with E-state index in [4.69, 9.17) is 9.26 Å². The van der Waals surface area contributed by atoms with Gasteiger partial charge in [-0.05, 0) is 56.2 Å². The number of ether oxygens (including phenoxy) is 1. The van der Waals surface area contributed by atoms with Crippen molar-refractivity contribution in [2.45, 2.75) is 25.2 Å². The van der Waals surface area contributed by atoms with E-state index in [2.05, 4.69) is 15.5 Å². The SMILES string of the molecule is COc1cccc(-c2cc(C3(C(=O)Nc4cccc5nc(C)ccc45)CC3)no2)c1. The van der Waals surface area contributed by atoms with Crippen LogP contribution < -0.4 is 10.1 Å². The Morgan fingerprint density at radius 3 is 2.73 bits per heavy atom. The molecule has 1 aliphatic carbocycles. The van der Waals surface area contributed by atoms with Crippen molar-refractivity contribution in [1.29, 1.82) is 0 Å². The van der Waals surface area contributed by atoms with Crippen molar-refractivity contribution in [3.8, 4) is 17.1 Å².